The van der Waals surface area contributed by atoms with Gasteiger partial charge >= 0.3 is 0 Å². The van der Waals surface area contributed by atoms with Gasteiger partial charge in [-0.05, 0) is 35.0 Å². The molecule has 2 aromatic rings. The van der Waals surface area contributed by atoms with Gasteiger partial charge in [0.2, 0.25) is 5.16 Å². The molecule has 1 saturated heterocycles. The van der Waals surface area contributed by atoms with Gasteiger partial charge in [0.15, 0.2) is 5.69 Å². The van der Waals surface area contributed by atoms with E-state index in [1.165, 1.54) is 24.2 Å². The minimum atomic E-state index is 0.171. The monoisotopic (exact) mass is 289 g/mol. The minimum Gasteiger partial charge on any atom is -0.376 e. The Morgan fingerprint density at radius 1 is 1.45 bits per heavy atom. The Morgan fingerprint density at radius 2 is 2.40 bits per heavy atom. The van der Waals surface area contributed by atoms with Crippen LogP contribution >= 0.6 is 11.8 Å². The van der Waals surface area contributed by atoms with Crippen molar-refractivity contribution in [3.8, 4) is 6.07 Å². The van der Waals surface area contributed by atoms with E-state index in [0.29, 0.717) is 16.7 Å². The number of nitriles is 1. The largest absolute Gasteiger partial charge is 0.376 e. The number of hydrogen-bond acceptors (Lipinski definition) is 8. The Labute approximate surface area is 119 Å². The molecule has 0 aromatic carbocycles. The van der Waals surface area contributed by atoms with Crippen molar-refractivity contribution in [1.82, 2.24) is 30.2 Å². The fourth-order valence-corrected chi connectivity index (χ4v) is 2.58. The normalized spacial score (nSPS) is 18.1. The van der Waals surface area contributed by atoms with Crippen LogP contribution in [0.5, 0.6) is 0 Å². The fourth-order valence-electron chi connectivity index (χ4n) is 1.89. The van der Waals surface area contributed by atoms with E-state index in [9.17, 15) is 0 Å². The number of ether oxygens (including phenoxy) is 1. The van der Waals surface area contributed by atoms with Gasteiger partial charge in [-0.2, -0.15) is 5.26 Å². The molecule has 3 rings (SSSR count). The summed E-state index contributed by atoms with van der Waals surface area (Å²) in [5.41, 5.74) is 0.285. The lowest BCUT2D eigenvalue weighted by atomic mass is 10.2. The van der Waals surface area contributed by atoms with Gasteiger partial charge < -0.3 is 4.74 Å². The SMILES string of the molecule is N#Cc1cnc(Sc2nnnn2CC2CCCO2)cn1. The van der Waals surface area contributed by atoms with E-state index < -0.39 is 0 Å². The van der Waals surface area contributed by atoms with Gasteiger partial charge in [-0.1, -0.05) is 0 Å². The first-order chi connectivity index (χ1) is 9.85. The number of aromatic nitrogens is 6. The second-order valence-electron chi connectivity index (χ2n) is 4.23. The smallest absolute Gasteiger partial charge is 0.215 e. The number of nitrogens with zero attached hydrogens (tertiary/aromatic N) is 7. The van der Waals surface area contributed by atoms with E-state index in [1.54, 1.807) is 4.68 Å². The zero-order valence-electron chi connectivity index (χ0n) is 10.5. The van der Waals surface area contributed by atoms with Crippen LogP contribution < -0.4 is 0 Å². The van der Waals surface area contributed by atoms with Crippen molar-refractivity contribution < 1.29 is 4.74 Å². The van der Waals surface area contributed by atoms with Crippen molar-refractivity contribution >= 4 is 11.8 Å². The van der Waals surface area contributed by atoms with E-state index in [2.05, 4.69) is 25.5 Å². The van der Waals surface area contributed by atoms with Gasteiger partial charge in [-0.15, -0.1) is 5.10 Å². The third kappa shape index (κ3) is 2.92. The van der Waals surface area contributed by atoms with Crippen molar-refractivity contribution in [2.75, 3.05) is 6.61 Å². The lowest BCUT2D eigenvalue weighted by Crippen LogP contribution is -2.16. The van der Waals surface area contributed by atoms with Gasteiger partial charge in [0.1, 0.15) is 11.1 Å². The fraction of sp³-hybridized carbons (Fsp3) is 0.455. The summed E-state index contributed by atoms with van der Waals surface area (Å²) in [6.07, 6.45) is 5.24. The molecular weight excluding hydrogens is 278 g/mol. The standard InChI is InChI=1S/C11H11N7OS/c12-4-8-5-14-10(6-13-8)20-11-15-16-17-18(11)7-9-2-1-3-19-9/h5-6,9H,1-3,7H2. The molecule has 1 aliphatic rings. The van der Waals surface area contributed by atoms with Gasteiger partial charge in [0.05, 0.1) is 25.0 Å². The highest BCUT2D eigenvalue weighted by atomic mass is 32.2. The number of rotatable bonds is 4. The molecule has 9 heteroatoms. The van der Waals surface area contributed by atoms with Crippen LogP contribution in [0.2, 0.25) is 0 Å². The highest BCUT2D eigenvalue weighted by Gasteiger charge is 2.19. The van der Waals surface area contributed by atoms with Crippen LogP contribution in [0.3, 0.4) is 0 Å². The first-order valence-electron chi connectivity index (χ1n) is 6.13. The maximum atomic E-state index is 8.68. The molecule has 20 heavy (non-hydrogen) atoms. The third-order valence-electron chi connectivity index (χ3n) is 2.84. The highest BCUT2D eigenvalue weighted by molar-refractivity contribution is 7.99. The van der Waals surface area contributed by atoms with Crippen LogP contribution in [-0.4, -0.2) is 42.9 Å². The molecular formula is C11H11N7OS. The Hall–Kier alpha value is -2.05. The van der Waals surface area contributed by atoms with Crippen LogP contribution in [0, 0.1) is 11.3 Å². The third-order valence-corrected chi connectivity index (χ3v) is 3.73. The molecule has 0 aliphatic carbocycles. The van der Waals surface area contributed by atoms with Crippen molar-refractivity contribution in [3.63, 3.8) is 0 Å². The first kappa shape index (κ1) is 13.0. The Kier molecular flexibility index (Phi) is 3.85. The minimum absolute atomic E-state index is 0.171. The van der Waals surface area contributed by atoms with Gasteiger partial charge in [-0.3, -0.25) is 0 Å². The van der Waals surface area contributed by atoms with Crippen LogP contribution in [0.1, 0.15) is 18.5 Å². The molecule has 0 saturated carbocycles. The molecule has 2 aromatic heterocycles. The first-order valence-corrected chi connectivity index (χ1v) is 6.94. The van der Waals surface area contributed by atoms with Crippen LogP contribution in [-0.2, 0) is 11.3 Å². The van der Waals surface area contributed by atoms with Crippen molar-refractivity contribution in [1.29, 1.82) is 5.26 Å². The van der Waals surface area contributed by atoms with Crippen LogP contribution in [0.4, 0.5) is 0 Å². The summed E-state index contributed by atoms with van der Waals surface area (Å²) in [7, 11) is 0. The average Bonchev–Trinajstić information content (AvgIpc) is 3.13. The number of hydrogen-bond donors (Lipinski definition) is 0. The molecule has 0 bridgehead atoms. The maximum absolute atomic E-state index is 8.68. The number of tetrazole rings is 1. The topological polar surface area (TPSA) is 102 Å². The molecule has 1 atom stereocenters. The summed E-state index contributed by atoms with van der Waals surface area (Å²) in [4.78, 5) is 8.10. The zero-order chi connectivity index (χ0) is 13.8. The molecule has 0 radical (unpaired) electrons. The molecule has 102 valence electrons. The summed E-state index contributed by atoms with van der Waals surface area (Å²) < 4.78 is 7.28. The predicted molar refractivity (Wildman–Crippen MR) is 67.7 cm³/mol. The van der Waals surface area contributed by atoms with Crippen LogP contribution in [0.15, 0.2) is 22.6 Å². The highest BCUT2D eigenvalue weighted by Crippen LogP contribution is 2.23. The predicted octanol–water partition coefficient (Wildman–Crippen LogP) is 0.665. The van der Waals surface area contributed by atoms with Crippen molar-refractivity contribution in [3.05, 3.63) is 18.1 Å². The van der Waals surface area contributed by atoms with E-state index in [-0.39, 0.29) is 11.8 Å². The summed E-state index contributed by atoms with van der Waals surface area (Å²) in [5.74, 6) is 0. The lowest BCUT2D eigenvalue weighted by Gasteiger charge is -2.09. The molecule has 1 unspecified atom stereocenters. The lowest BCUT2D eigenvalue weighted by molar-refractivity contribution is 0.0912. The van der Waals surface area contributed by atoms with E-state index in [4.69, 9.17) is 10.00 Å². The summed E-state index contributed by atoms with van der Waals surface area (Å²) in [6, 6.07) is 1.93. The Bertz CT molecular complexity index is 614. The Morgan fingerprint density at radius 3 is 3.10 bits per heavy atom. The quantitative estimate of drug-likeness (QED) is 0.809. The summed E-state index contributed by atoms with van der Waals surface area (Å²) in [5, 5.41) is 21.6. The second-order valence-corrected chi connectivity index (χ2v) is 5.22. The van der Waals surface area contributed by atoms with Crippen molar-refractivity contribution in [2.24, 2.45) is 0 Å². The molecule has 3 heterocycles. The van der Waals surface area contributed by atoms with E-state index >= 15 is 0 Å². The van der Waals surface area contributed by atoms with E-state index in [1.807, 2.05) is 6.07 Å². The maximum Gasteiger partial charge on any atom is 0.215 e. The van der Waals surface area contributed by atoms with Gasteiger partial charge in [0.25, 0.3) is 0 Å². The van der Waals surface area contributed by atoms with Gasteiger partial charge in [-0.25, -0.2) is 14.6 Å². The Balaban J connectivity index is 1.70. The van der Waals surface area contributed by atoms with Gasteiger partial charge in [0, 0.05) is 6.61 Å². The molecule has 0 amide bonds. The van der Waals surface area contributed by atoms with E-state index in [0.717, 1.165) is 19.4 Å². The molecule has 8 nitrogen and oxygen atoms in total. The average molecular weight is 289 g/mol. The molecule has 1 fully saturated rings. The summed E-state index contributed by atoms with van der Waals surface area (Å²) >= 11 is 1.31. The second kappa shape index (κ2) is 5.94. The summed E-state index contributed by atoms with van der Waals surface area (Å²) in [6.45, 7) is 1.44. The molecule has 0 N–H and O–H groups in total. The van der Waals surface area contributed by atoms with Crippen LogP contribution in [0.25, 0.3) is 0 Å². The molecule has 1 aliphatic heterocycles. The van der Waals surface area contributed by atoms with Crippen molar-refractivity contribution in [2.45, 2.75) is 35.7 Å². The molecule has 0 spiro atoms. The zero-order valence-corrected chi connectivity index (χ0v) is 11.3.